The Morgan fingerprint density at radius 1 is 0.944 bits per heavy atom. The van der Waals surface area contributed by atoms with E-state index in [-0.39, 0.29) is 0 Å². The number of nitrogens with zero attached hydrogens (tertiary/aromatic N) is 1. The summed E-state index contributed by atoms with van der Waals surface area (Å²) in [7, 11) is 0. The van der Waals surface area contributed by atoms with Crippen LogP contribution >= 0.6 is 0 Å². The zero-order valence-corrected chi connectivity index (χ0v) is 10.7. The summed E-state index contributed by atoms with van der Waals surface area (Å²) in [6, 6.07) is 14.9. The first kappa shape index (κ1) is 11.0. The van der Waals surface area contributed by atoms with Crippen LogP contribution in [0, 0.1) is 13.8 Å². The predicted octanol–water partition coefficient (Wildman–Crippen LogP) is 3.77. The highest BCUT2D eigenvalue weighted by Gasteiger charge is 2.03. The molecule has 0 saturated carbocycles. The fourth-order valence-corrected chi connectivity index (χ4v) is 2.16. The summed E-state index contributed by atoms with van der Waals surface area (Å²) in [6.45, 7) is 4.20. The van der Waals surface area contributed by atoms with Crippen LogP contribution in [0.4, 0.5) is 0 Å². The number of imidazole rings is 1. The van der Waals surface area contributed by atoms with Crippen LogP contribution in [-0.4, -0.2) is 9.97 Å². The quantitative estimate of drug-likeness (QED) is 0.721. The van der Waals surface area contributed by atoms with Gasteiger partial charge < -0.3 is 4.98 Å². The molecule has 0 amide bonds. The molecule has 0 fully saturated rings. The molecule has 0 radical (unpaired) electrons. The molecular weight excluding hydrogens is 220 g/mol. The predicted molar refractivity (Wildman–Crippen MR) is 74.8 cm³/mol. The molecule has 0 aliphatic carbocycles. The van der Waals surface area contributed by atoms with Gasteiger partial charge in [-0.2, -0.15) is 0 Å². The Bertz CT molecular complexity index is 678. The molecule has 90 valence electrons. The van der Waals surface area contributed by atoms with Crippen molar-refractivity contribution in [2.45, 2.75) is 20.3 Å². The zero-order valence-electron chi connectivity index (χ0n) is 10.7. The lowest BCUT2D eigenvalue weighted by molar-refractivity contribution is 1.04. The van der Waals surface area contributed by atoms with Crippen molar-refractivity contribution in [2.24, 2.45) is 0 Å². The van der Waals surface area contributed by atoms with Crippen LogP contribution in [0.5, 0.6) is 0 Å². The number of aromatic nitrogens is 2. The lowest BCUT2D eigenvalue weighted by Gasteiger charge is -1.98. The van der Waals surface area contributed by atoms with Gasteiger partial charge in [0.15, 0.2) is 0 Å². The third kappa shape index (κ3) is 2.14. The number of H-pyrrole nitrogens is 1. The molecule has 2 nitrogen and oxygen atoms in total. The second kappa shape index (κ2) is 4.30. The molecule has 0 spiro atoms. The van der Waals surface area contributed by atoms with Crippen LogP contribution in [0.1, 0.15) is 22.5 Å². The Kier molecular flexibility index (Phi) is 2.63. The molecule has 2 aromatic carbocycles. The van der Waals surface area contributed by atoms with Crippen molar-refractivity contribution in [1.29, 1.82) is 0 Å². The fourth-order valence-electron chi connectivity index (χ4n) is 2.16. The van der Waals surface area contributed by atoms with E-state index in [0.717, 1.165) is 23.3 Å². The second-order valence-electron chi connectivity index (χ2n) is 4.87. The van der Waals surface area contributed by atoms with Crippen molar-refractivity contribution >= 4 is 11.0 Å². The minimum absolute atomic E-state index is 0.855. The summed E-state index contributed by atoms with van der Waals surface area (Å²) in [5.41, 5.74) is 6.00. The summed E-state index contributed by atoms with van der Waals surface area (Å²) >= 11 is 0. The monoisotopic (exact) mass is 236 g/mol. The highest BCUT2D eigenvalue weighted by atomic mass is 14.9. The number of fused-ring (bicyclic) bond motifs is 1. The number of hydrogen-bond acceptors (Lipinski definition) is 1. The Morgan fingerprint density at radius 3 is 2.44 bits per heavy atom. The van der Waals surface area contributed by atoms with E-state index in [1.54, 1.807) is 0 Å². The van der Waals surface area contributed by atoms with Gasteiger partial charge in [0.2, 0.25) is 0 Å². The maximum atomic E-state index is 4.62. The first-order valence-corrected chi connectivity index (χ1v) is 6.21. The van der Waals surface area contributed by atoms with Crippen molar-refractivity contribution in [3.8, 4) is 0 Å². The average Bonchev–Trinajstić information content (AvgIpc) is 2.73. The molecular formula is C16H16N2. The van der Waals surface area contributed by atoms with Gasteiger partial charge in [0, 0.05) is 6.42 Å². The summed E-state index contributed by atoms with van der Waals surface area (Å²) in [6.07, 6.45) is 0.855. The fraction of sp³-hybridized carbons (Fsp3) is 0.188. The highest BCUT2D eigenvalue weighted by Crippen LogP contribution is 2.15. The van der Waals surface area contributed by atoms with Crippen LogP contribution in [0.15, 0.2) is 42.5 Å². The van der Waals surface area contributed by atoms with E-state index in [0.29, 0.717) is 0 Å². The molecule has 1 heterocycles. The number of hydrogen-bond donors (Lipinski definition) is 1. The largest absolute Gasteiger partial charge is 0.342 e. The summed E-state index contributed by atoms with van der Waals surface area (Å²) in [4.78, 5) is 8.00. The third-order valence-electron chi connectivity index (χ3n) is 3.18. The molecule has 1 aromatic heterocycles. The first-order chi connectivity index (χ1) is 8.70. The minimum Gasteiger partial charge on any atom is -0.342 e. The van der Waals surface area contributed by atoms with E-state index < -0.39 is 0 Å². The number of rotatable bonds is 2. The van der Waals surface area contributed by atoms with Gasteiger partial charge in [-0.3, -0.25) is 0 Å². The minimum atomic E-state index is 0.855. The molecule has 0 aliphatic heterocycles. The van der Waals surface area contributed by atoms with Gasteiger partial charge in [-0.15, -0.1) is 0 Å². The van der Waals surface area contributed by atoms with Crippen LogP contribution in [-0.2, 0) is 6.42 Å². The maximum Gasteiger partial charge on any atom is 0.111 e. The molecule has 0 saturated heterocycles. The average molecular weight is 236 g/mol. The van der Waals surface area contributed by atoms with E-state index in [1.165, 1.54) is 16.7 Å². The Hall–Kier alpha value is -2.09. The van der Waals surface area contributed by atoms with Crippen molar-refractivity contribution in [3.05, 3.63) is 65.0 Å². The highest BCUT2D eigenvalue weighted by molar-refractivity contribution is 5.75. The summed E-state index contributed by atoms with van der Waals surface area (Å²) in [5.74, 6) is 1.03. The van der Waals surface area contributed by atoms with E-state index in [9.17, 15) is 0 Å². The van der Waals surface area contributed by atoms with Gasteiger partial charge in [0.1, 0.15) is 5.82 Å². The molecule has 18 heavy (non-hydrogen) atoms. The van der Waals surface area contributed by atoms with Gasteiger partial charge >= 0.3 is 0 Å². The van der Waals surface area contributed by atoms with Crippen LogP contribution in [0.25, 0.3) is 11.0 Å². The summed E-state index contributed by atoms with van der Waals surface area (Å²) in [5, 5.41) is 0. The summed E-state index contributed by atoms with van der Waals surface area (Å²) < 4.78 is 0. The maximum absolute atomic E-state index is 4.62. The SMILES string of the molecule is Cc1ccc(Cc2nc3ccc(C)cc3[nH]2)cc1. The Labute approximate surface area is 107 Å². The van der Waals surface area contributed by atoms with Gasteiger partial charge in [-0.1, -0.05) is 35.9 Å². The lowest BCUT2D eigenvalue weighted by Crippen LogP contribution is -1.90. The number of aromatic amines is 1. The smallest absolute Gasteiger partial charge is 0.111 e. The van der Waals surface area contributed by atoms with Crippen molar-refractivity contribution in [3.63, 3.8) is 0 Å². The standard InChI is InChI=1S/C16H16N2/c1-11-3-6-13(7-4-11)10-16-17-14-8-5-12(2)9-15(14)18-16/h3-9H,10H2,1-2H3,(H,17,18). The zero-order chi connectivity index (χ0) is 12.5. The number of aryl methyl sites for hydroxylation is 2. The topological polar surface area (TPSA) is 28.7 Å². The molecule has 0 atom stereocenters. The van der Waals surface area contributed by atoms with E-state index in [1.807, 2.05) is 0 Å². The molecule has 2 heteroatoms. The van der Waals surface area contributed by atoms with Gasteiger partial charge in [-0.05, 0) is 37.1 Å². The van der Waals surface area contributed by atoms with Crippen molar-refractivity contribution < 1.29 is 0 Å². The van der Waals surface area contributed by atoms with E-state index in [2.05, 4.69) is 66.3 Å². The normalized spacial score (nSPS) is 11.0. The first-order valence-electron chi connectivity index (χ1n) is 6.21. The van der Waals surface area contributed by atoms with Crippen LogP contribution in [0.2, 0.25) is 0 Å². The Morgan fingerprint density at radius 2 is 1.67 bits per heavy atom. The molecule has 0 bridgehead atoms. The lowest BCUT2D eigenvalue weighted by atomic mass is 10.1. The second-order valence-corrected chi connectivity index (χ2v) is 4.87. The van der Waals surface area contributed by atoms with Gasteiger partial charge in [0.25, 0.3) is 0 Å². The van der Waals surface area contributed by atoms with E-state index in [4.69, 9.17) is 0 Å². The van der Waals surface area contributed by atoms with Gasteiger partial charge in [0.05, 0.1) is 11.0 Å². The molecule has 3 aromatic rings. The molecule has 0 unspecified atom stereocenters. The van der Waals surface area contributed by atoms with E-state index >= 15 is 0 Å². The molecule has 1 N–H and O–H groups in total. The molecule has 0 aliphatic rings. The molecule has 3 rings (SSSR count). The number of nitrogens with one attached hydrogen (secondary N) is 1. The van der Waals surface area contributed by atoms with Gasteiger partial charge in [-0.25, -0.2) is 4.98 Å². The van der Waals surface area contributed by atoms with Crippen LogP contribution < -0.4 is 0 Å². The van der Waals surface area contributed by atoms with Crippen LogP contribution in [0.3, 0.4) is 0 Å². The van der Waals surface area contributed by atoms with Crippen molar-refractivity contribution in [2.75, 3.05) is 0 Å². The number of benzene rings is 2. The van der Waals surface area contributed by atoms with Crippen molar-refractivity contribution in [1.82, 2.24) is 9.97 Å². The third-order valence-corrected chi connectivity index (χ3v) is 3.18. The Balaban J connectivity index is 1.92.